The highest BCUT2D eigenvalue weighted by molar-refractivity contribution is 7.07. The molecule has 4 rings (SSSR count). The third kappa shape index (κ3) is 3.14. The number of hydrogen-bond acceptors (Lipinski definition) is 1. The number of rotatable bonds is 2. The van der Waals surface area contributed by atoms with E-state index in [1.165, 1.54) is 44.7 Å². The third-order valence-electron chi connectivity index (χ3n) is 5.58. The van der Waals surface area contributed by atoms with Crippen LogP contribution in [0.3, 0.4) is 0 Å². The lowest BCUT2D eigenvalue weighted by Crippen LogP contribution is -2.37. The maximum absolute atomic E-state index is 2.41. The third-order valence-corrected chi connectivity index (χ3v) is 6.37. The highest BCUT2D eigenvalue weighted by Gasteiger charge is 2.27. The predicted octanol–water partition coefficient (Wildman–Crippen LogP) is 5.58. The number of hydrogen-bond donors (Lipinski definition) is 0. The summed E-state index contributed by atoms with van der Waals surface area (Å²) in [6.45, 7) is 11.3. The van der Waals surface area contributed by atoms with Crippen LogP contribution in [0.4, 0.5) is 0 Å². The Morgan fingerprint density at radius 1 is 0.929 bits per heavy atom. The van der Waals surface area contributed by atoms with Gasteiger partial charge in [0.1, 0.15) is 7.05 Å². The molecule has 0 N–H and O–H groups in total. The van der Waals surface area contributed by atoms with Gasteiger partial charge >= 0.3 is 0 Å². The van der Waals surface area contributed by atoms with Gasteiger partial charge in [-0.25, -0.2) is 0 Å². The molecule has 0 radical (unpaired) electrons. The van der Waals surface area contributed by atoms with Crippen molar-refractivity contribution in [1.29, 1.82) is 0 Å². The molecule has 2 aromatic heterocycles. The molecule has 0 aliphatic heterocycles. The molecule has 4 aromatic rings. The Kier molecular flexibility index (Phi) is 4.59. The van der Waals surface area contributed by atoms with Gasteiger partial charge in [-0.15, -0.1) is 0 Å². The first kappa shape index (κ1) is 18.8. The molecular weight excluding hydrogens is 360 g/mol. The van der Waals surface area contributed by atoms with Crippen molar-refractivity contribution in [3.63, 3.8) is 0 Å². The molecule has 2 nitrogen and oxygen atoms in total. The van der Waals surface area contributed by atoms with Gasteiger partial charge in [0.25, 0.3) is 0 Å². The van der Waals surface area contributed by atoms with Crippen LogP contribution in [0.15, 0.2) is 59.4 Å². The van der Waals surface area contributed by atoms with Crippen LogP contribution in [-0.2, 0) is 12.5 Å². The fraction of sp³-hybridized carbons (Fsp3) is 0.280. The molecule has 0 aliphatic carbocycles. The number of thiazole rings is 1. The molecule has 0 saturated heterocycles. The Morgan fingerprint density at radius 3 is 2.36 bits per heavy atom. The van der Waals surface area contributed by atoms with E-state index in [1.54, 1.807) is 11.3 Å². The lowest BCUT2D eigenvalue weighted by molar-refractivity contribution is -0.655. The molecule has 3 heteroatoms. The first-order chi connectivity index (χ1) is 13.3. The Labute approximate surface area is 171 Å². The Hall–Kier alpha value is -2.52. The lowest BCUT2D eigenvalue weighted by atomic mass is 9.84. The number of fused-ring (bicyclic) bond motifs is 1. The van der Waals surface area contributed by atoms with Crippen molar-refractivity contribution >= 4 is 22.2 Å². The zero-order valence-corrected chi connectivity index (χ0v) is 18.4. The second-order valence-electron chi connectivity index (χ2n) is 8.64. The van der Waals surface area contributed by atoms with Gasteiger partial charge in [0.15, 0.2) is 5.69 Å². The van der Waals surface area contributed by atoms with Gasteiger partial charge in [-0.05, 0) is 36.1 Å². The van der Waals surface area contributed by atoms with E-state index < -0.39 is 0 Å². The highest BCUT2D eigenvalue weighted by Crippen LogP contribution is 2.33. The summed E-state index contributed by atoms with van der Waals surface area (Å²) in [5.74, 6) is 0. The summed E-state index contributed by atoms with van der Waals surface area (Å²) in [4.78, 5) is 0. The molecule has 0 aliphatic rings. The minimum absolute atomic E-state index is 0.0742. The molecule has 142 valence electrons. The topological polar surface area (TPSA) is 7.76 Å². The van der Waals surface area contributed by atoms with Crippen molar-refractivity contribution in [2.75, 3.05) is 0 Å². The van der Waals surface area contributed by atoms with Crippen LogP contribution in [0.1, 0.15) is 37.6 Å². The van der Waals surface area contributed by atoms with E-state index in [1.807, 2.05) is 0 Å². The summed E-state index contributed by atoms with van der Waals surface area (Å²) in [7, 11) is 2.13. The van der Waals surface area contributed by atoms with Crippen molar-refractivity contribution < 1.29 is 9.13 Å². The van der Waals surface area contributed by atoms with Crippen LogP contribution in [0.25, 0.3) is 27.8 Å². The van der Waals surface area contributed by atoms with Gasteiger partial charge in [0, 0.05) is 36.1 Å². The molecule has 0 amide bonds. The second kappa shape index (κ2) is 6.82. The van der Waals surface area contributed by atoms with Gasteiger partial charge in [0.05, 0.1) is 10.9 Å². The zero-order chi connectivity index (χ0) is 20.1. The zero-order valence-electron chi connectivity index (χ0n) is 17.6. The average Bonchev–Trinajstić information content (AvgIpc) is 3.07. The molecule has 0 spiro atoms. The normalized spacial score (nSPS) is 11.9. The molecule has 0 saturated carbocycles. The molecule has 2 heterocycles. The van der Waals surface area contributed by atoms with Crippen molar-refractivity contribution in [1.82, 2.24) is 0 Å². The van der Waals surface area contributed by atoms with Crippen LogP contribution < -0.4 is 9.13 Å². The maximum Gasteiger partial charge on any atom is 0.224 e. The monoisotopic (exact) mass is 388 g/mol. The molecule has 2 aromatic carbocycles. The van der Waals surface area contributed by atoms with Crippen molar-refractivity contribution in [2.45, 2.75) is 40.0 Å². The smallest absolute Gasteiger partial charge is 0.191 e. The quantitative estimate of drug-likeness (QED) is 0.396. The second-order valence-corrected chi connectivity index (χ2v) is 9.36. The standard InChI is InChI=1S/C25H28N2S/c1-17-11-12-19-9-7-8-10-22(19)27(17)23-14-20(25(3,4)5)13-21(18(23)2)24-15-28-16-26(24)6/h7-16H,1-6H3/q+2. The molecule has 0 atom stereocenters. The van der Waals surface area contributed by atoms with Crippen molar-refractivity contribution in [3.8, 4) is 16.9 Å². The fourth-order valence-electron chi connectivity index (χ4n) is 3.84. The average molecular weight is 389 g/mol. The first-order valence-electron chi connectivity index (χ1n) is 9.75. The number of para-hydroxylation sites is 1. The Bertz CT molecular complexity index is 1180. The van der Waals surface area contributed by atoms with Crippen LogP contribution in [0.2, 0.25) is 0 Å². The summed E-state index contributed by atoms with van der Waals surface area (Å²) in [5, 5.41) is 3.51. The summed E-state index contributed by atoms with van der Waals surface area (Å²) in [5.41, 5.74) is 11.2. The van der Waals surface area contributed by atoms with Gasteiger partial charge in [-0.2, -0.15) is 9.13 Å². The van der Waals surface area contributed by atoms with Gasteiger partial charge in [-0.1, -0.05) is 44.2 Å². The lowest BCUT2D eigenvalue weighted by Gasteiger charge is -2.21. The van der Waals surface area contributed by atoms with E-state index in [0.29, 0.717) is 0 Å². The van der Waals surface area contributed by atoms with Crippen LogP contribution in [0, 0.1) is 13.8 Å². The van der Waals surface area contributed by atoms with Crippen LogP contribution in [-0.4, -0.2) is 0 Å². The number of nitrogens with zero attached hydrogens (tertiary/aromatic N) is 2. The predicted molar refractivity (Wildman–Crippen MR) is 118 cm³/mol. The number of aryl methyl sites for hydroxylation is 2. The number of aromatic nitrogens is 2. The van der Waals surface area contributed by atoms with Crippen LogP contribution >= 0.6 is 11.3 Å². The van der Waals surface area contributed by atoms with E-state index in [4.69, 9.17) is 0 Å². The first-order valence-corrected chi connectivity index (χ1v) is 10.7. The van der Waals surface area contributed by atoms with E-state index in [9.17, 15) is 0 Å². The molecular formula is C25H28N2S+2. The maximum atomic E-state index is 2.41. The summed E-state index contributed by atoms with van der Waals surface area (Å²) < 4.78 is 4.64. The van der Waals surface area contributed by atoms with Gasteiger partial charge < -0.3 is 0 Å². The van der Waals surface area contributed by atoms with E-state index in [0.717, 1.165) is 0 Å². The Morgan fingerprint density at radius 2 is 1.68 bits per heavy atom. The molecule has 28 heavy (non-hydrogen) atoms. The van der Waals surface area contributed by atoms with Gasteiger partial charge in [-0.3, -0.25) is 0 Å². The van der Waals surface area contributed by atoms with E-state index in [-0.39, 0.29) is 5.41 Å². The molecule has 0 unspecified atom stereocenters. The number of benzene rings is 2. The molecule has 0 fully saturated rings. The summed E-state index contributed by atoms with van der Waals surface area (Å²) in [6, 6.07) is 17.8. The minimum atomic E-state index is 0.0742. The summed E-state index contributed by atoms with van der Waals surface area (Å²) >= 11 is 1.75. The number of pyridine rings is 1. The fourth-order valence-corrected chi connectivity index (χ4v) is 4.62. The van der Waals surface area contributed by atoms with Crippen molar-refractivity contribution in [3.05, 3.63) is 76.2 Å². The summed E-state index contributed by atoms with van der Waals surface area (Å²) in [6.07, 6.45) is 0. The van der Waals surface area contributed by atoms with E-state index in [2.05, 4.69) is 110 Å². The van der Waals surface area contributed by atoms with E-state index >= 15 is 0 Å². The Balaban J connectivity index is 2.11. The van der Waals surface area contributed by atoms with Gasteiger partial charge in [0.2, 0.25) is 22.4 Å². The minimum Gasteiger partial charge on any atom is -0.191 e. The SMILES string of the molecule is Cc1c(-c2csc[n+]2C)cc(C(C)(C)C)cc1-[n+]1c(C)ccc2ccccc21. The van der Waals surface area contributed by atoms with Crippen LogP contribution in [0.5, 0.6) is 0 Å². The van der Waals surface area contributed by atoms with Crippen molar-refractivity contribution in [2.24, 2.45) is 7.05 Å². The highest BCUT2D eigenvalue weighted by atomic mass is 32.1. The molecule has 0 bridgehead atoms. The largest absolute Gasteiger partial charge is 0.224 e.